The number of anilines is 1. The second-order valence-corrected chi connectivity index (χ2v) is 5.86. The highest BCUT2D eigenvalue weighted by Gasteiger charge is 2.20. The topological polar surface area (TPSA) is 55.2 Å². The van der Waals surface area contributed by atoms with Gasteiger partial charge in [-0.05, 0) is 47.3 Å². The summed E-state index contributed by atoms with van der Waals surface area (Å²) in [7, 11) is 0. The van der Waals surface area contributed by atoms with Crippen molar-refractivity contribution in [3.05, 3.63) is 32.8 Å². The SMILES string of the molecule is CC(CC1CCC1)Nc1ccc(Br)c([N+](=O)[O-])c1. The van der Waals surface area contributed by atoms with Crippen molar-refractivity contribution in [3.63, 3.8) is 0 Å². The Morgan fingerprint density at radius 1 is 1.56 bits per heavy atom. The number of nitrogens with one attached hydrogen (secondary N) is 1. The number of rotatable bonds is 5. The average Bonchev–Trinajstić information content (AvgIpc) is 2.26. The van der Waals surface area contributed by atoms with Gasteiger partial charge in [-0.25, -0.2) is 0 Å². The summed E-state index contributed by atoms with van der Waals surface area (Å²) in [6, 6.07) is 5.53. The van der Waals surface area contributed by atoms with Crippen LogP contribution in [-0.2, 0) is 0 Å². The largest absolute Gasteiger partial charge is 0.382 e. The molecule has 0 aliphatic heterocycles. The van der Waals surface area contributed by atoms with Crippen LogP contribution in [0, 0.1) is 16.0 Å². The Hall–Kier alpha value is -1.10. The molecule has 1 aliphatic rings. The monoisotopic (exact) mass is 312 g/mol. The van der Waals surface area contributed by atoms with Crippen molar-refractivity contribution in [2.75, 3.05) is 5.32 Å². The van der Waals surface area contributed by atoms with Crippen molar-refractivity contribution in [1.29, 1.82) is 0 Å². The maximum atomic E-state index is 10.8. The van der Waals surface area contributed by atoms with Gasteiger partial charge in [-0.3, -0.25) is 10.1 Å². The van der Waals surface area contributed by atoms with Crippen molar-refractivity contribution < 1.29 is 4.92 Å². The number of hydrogen-bond acceptors (Lipinski definition) is 3. The number of nitro benzene ring substituents is 1. The average molecular weight is 313 g/mol. The molecule has 0 amide bonds. The standard InChI is InChI=1S/C13H17BrN2O2/c1-9(7-10-3-2-4-10)15-11-5-6-12(14)13(8-11)16(17)18/h5-6,8-10,15H,2-4,7H2,1H3. The first-order valence-electron chi connectivity index (χ1n) is 6.26. The van der Waals surface area contributed by atoms with E-state index in [9.17, 15) is 10.1 Å². The highest BCUT2D eigenvalue weighted by atomic mass is 79.9. The van der Waals surface area contributed by atoms with Gasteiger partial charge in [-0.15, -0.1) is 0 Å². The number of hydrogen-bond donors (Lipinski definition) is 1. The van der Waals surface area contributed by atoms with Crippen LogP contribution in [0.3, 0.4) is 0 Å². The number of halogens is 1. The van der Waals surface area contributed by atoms with E-state index in [-0.39, 0.29) is 10.6 Å². The highest BCUT2D eigenvalue weighted by molar-refractivity contribution is 9.10. The lowest BCUT2D eigenvalue weighted by Gasteiger charge is -2.28. The van der Waals surface area contributed by atoms with Crippen molar-refractivity contribution in [3.8, 4) is 0 Å². The normalized spacial score (nSPS) is 17.0. The Balaban J connectivity index is 1.99. The summed E-state index contributed by atoms with van der Waals surface area (Å²) in [6.45, 7) is 2.13. The van der Waals surface area contributed by atoms with Crippen LogP contribution in [0.25, 0.3) is 0 Å². The van der Waals surface area contributed by atoms with Crippen LogP contribution in [0.4, 0.5) is 11.4 Å². The fourth-order valence-electron chi connectivity index (χ4n) is 2.31. The van der Waals surface area contributed by atoms with Gasteiger partial charge in [-0.1, -0.05) is 19.3 Å². The maximum Gasteiger partial charge on any atom is 0.285 e. The lowest BCUT2D eigenvalue weighted by atomic mass is 9.81. The zero-order valence-electron chi connectivity index (χ0n) is 10.4. The van der Waals surface area contributed by atoms with Gasteiger partial charge in [0, 0.05) is 17.8 Å². The van der Waals surface area contributed by atoms with E-state index in [2.05, 4.69) is 28.2 Å². The van der Waals surface area contributed by atoms with E-state index in [1.807, 2.05) is 6.07 Å². The molecular weight excluding hydrogens is 296 g/mol. The Labute approximate surface area is 115 Å². The molecule has 0 bridgehead atoms. The molecule has 1 aromatic carbocycles. The minimum atomic E-state index is -0.369. The van der Waals surface area contributed by atoms with Gasteiger partial charge in [0.15, 0.2) is 0 Å². The summed E-state index contributed by atoms with van der Waals surface area (Å²) in [5.41, 5.74) is 0.924. The molecule has 18 heavy (non-hydrogen) atoms. The fraction of sp³-hybridized carbons (Fsp3) is 0.538. The molecular formula is C13H17BrN2O2. The third-order valence-electron chi connectivity index (χ3n) is 3.47. The summed E-state index contributed by atoms with van der Waals surface area (Å²) in [5.74, 6) is 0.831. The van der Waals surface area contributed by atoms with Crippen molar-refractivity contribution in [2.24, 2.45) is 5.92 Å². The minimum absolute atomic E-state index is 0.107. The Morgan fingerprint density at radius 2 is 2.28 bits per heavy atom. The van der Waals surface area contributed by atoms with Crippen molar-refractivity contribution >= 4 is 27.3 Å². The molecule has 4 nitrogen and oxygen atoms in total. The molecule has 0 saturated heterocycles. The van der Waals surface area contributed by atoms with Crippen LogP contribution in [0.5, 0.6) is 0 Å². The second-order valence-electron chi connectivity index (χ2n) is 5.00. The van der Waals surface area contributed by atoms with E-state index in [0.717, 1.165) is 18.0 Å². The molecule has 0 radical (unpaired) electrons. The summed E-state index contributed by atoms with van der Waals surface area (Å²) in [5, 5.41) is 14.2. The van der Waals surface area contributed by atoms with E-state index < -0.39 is 0 Å². The highest BCUT2D eigenvalue weighted by Crippen LogP contribution is 2.32. The van der Waals surface area contributed by atoms with Gasteiger partial charge in [0.25, 0.3) is 5.69 Å². The summed E-state index contributed by atoms with van der Waals surface area (Å²) in [4.78, 5) is 10.5. The number of nitro groups is 1. The maximum absolute atomic E-state index is 10.8. The molecule has 1 unspecified atom stereocenters. The third-order valence-corrected chi connectivity index (χ3v) is 4.14. The van der Waals surface area contributed by atoms with Crippen LogP contribution >= 0.6 is 15.9 Å². The molecule has 1 aromatic rings. The van der Waals surface area contributed by atoms with Crippen LogP contribution in [0.1, 0.15) is 32.6 Å². The van der Waals surface area contributed by atoms with Crippen molar-refractivity contribution in [2.45, 2.75) is 38.6 Å². The van der Waals surface area contributed by atoms with Gasteiger partial charge in [0.1, 0.15) is 0 Å². The molecule has 2 rings (SSSR count). The molecule has 1 N–H and O–H groups in total. The number of benzene rings is 1. The summed E-state index contributed by atoms with van der Waals surface area (Å²) < 4.78 is 0.518. The van der Waals surface area contributed by atoms with Gasteiger partial charge >= 0.3 is 0 Å². The Morgan fingerprint density at radius 3 is 2.83 bits per heavy atom. The smallest absolute Gasteiger partial charge is 0.285 e. The molecule has 0 heterocycles. The first kappa shape index (κ1) is 13.3. The molecule has 1 fully saturated rings. The number of nitrogens with zero attached hydrogens (tertiary/aromatic N) is 1. The summed E-state index contributed by atoms with van der Waals surface area (Å²) >= 11 is 3.19. The van der Waals surface area contributed by atoms with Gasteiger partial charge in [-0.2, -0.15) is 0 Å². The summed E-state index contributed by atoms with van der Waals surface area (Å²) in [6.07, 6.45) is 5.14. The van der Waals surface area contributed by atoms with E-state index >= 15 is 0 Å². The lowest BCUT2D eigenvalue weighted by molar-refractivity contribution is -0.385. The molecule has 1 atom stereocenters. The molecule has 0 spiro atoms. The third kappa shape index (κ3) is 3.22. The fourth-order valence-corrected chi connectivity index (χ4v) is 2.71. The molecule has 5 heteroatoms. The van der Waals surface area contributed by atoms with Crippen LogP contribution < -0.4 is 5.32 Å². The predicted molar refractivity (Wildman–Crippen MR) is 75.8 cm³/mol. The Kier molecular flexibility index (Phi) is 4.22. The second kappa shape index (κ2) is 5.69. The first-order chi connectivity index (χ1) is 8.56. The van der Waals surface area contributed by atoms with Gasteiger partial charge in [0.2, 0.25) is 0 Å². The van der Waals surface area contributed by atoms with E-state index in [4.69, 9.17) is 0 Å². The lowest BCUT2D eigenvalue weighted by Crippen LogP contribution is -2.23. The zero-order chi connectivity index (χ0) is 13.1. The van der Waals surface area contributed by atoms with E-state index in [1.165, 1.54) is 19.3 Å². The van der Waals surface area contributed by atoms with E-state index in [1.54, 1.807) is 12.1 Å². The van der Waals surface area contributed by atoms with Crippen molar-refractivity contribution in [1.82, 2.24) is 0 Å². The van der Waals surface area contributed by atoms with Crippen LogP contribution in [0.2, 0.25) is 0 Å². The minimum Gasteiger partial charge on any atom is -0.382 e. The van der Waals surface area contributed by atoms with Gasteiger partial charge < -0.3 is 5.32 Å². The molecule has 0 aromatic heterocycles. The van der Waals surface area contributed by atoms with E-state index in [0.29, 0.717) is 10.5 Å². The quantitative estimate of drug-likeness (QED) is 0.649. The zero-order valence-corrected chi connectivity index (χ0v) is 11.9. The van der Waals surface area contributed by atoms with Crippen LogP contribution in [0.15, 0.2) is 22.7 Å². The molecule has 98 valence electrons. The van der Waals surface area contributed by atoms with Gasteiger partial charge in [0.05, 0.1) is 9.40 Å². The predicted octanol–water partition coefficient (Wildman–Crippen LogP) is 4.35. The Bertz CT molecular complexity index is 447. The molecule has 1 aliphatic carbocycles. The van der Waals surface area contributed by atoms with Crippen LogP contribution in [-0.4, -0.2) is 11.0 Å². The first-order valence-corrected chi connectivity index (χ1v) is 7.06. The molecule has 1 saturated carbocycles.